The van der Waals surface area contributed by atoms with Crippen LogP contribution in [0.2, 0.25) is 0 Å². The van der Waals surface area contributed by atoms with Gasteiger partial charge < -0.3 is 9.84 Å². The highest BCUT2D eigenvalue weighted by atomic mass is 32.2. The third kappa shape index (κ3) is 1.93. The molecule has 5 heteroatoms. The van der Waals surface area contributed by atoms with Crippen molar-refractivity contribution in [1.82, 2.24) is 0 Å². The zero-order valence-corrected chi connectivity index (χ0v) is 11.2. The molecule has 4 nitrogen and oxygen atoms in total. The number of hydrogen-bond donors (Lipinski definition) is 1. The Labute approximate surface area is 113 Å². The van der Waals surface area contributed by atoms with E-state index in [0.29, 0.717) is 11.3 Å². The van der Waals surface area contributed by atoms with Gasteiger partial charge in [0, 0.05) is 11.3 Å². The Kier molecular flexibility index (Phi) is 2.83. The molecule has 0 amide bonds. The average molecular weight is 278 g/mol. The molecule has 2 aliphatic heterocycles. The van der Waals surface area contributed by atoms with E-state index < -0.39 is 27.6 Å². The molecule has 1 fully saturated rings. The van der Waals surface area contributed by atoms with Gasteiger partial charge in [-0.1, -0.05) is 17.7 Å². The summed E-state index contributed by atoms with van der Waals surface area (Å²) < 4.78 is 17.6. The summed E-state index contributed by atoms with van der Waals surface area (Å²) in [5.74, 6) is -0.697. The molecular weight excluding hydrogens is 264 g/mol. The Morgan fingerprint density at radius 1 is 1.37 bits per heavy atom. The van der Waals surface area contributed by atoms with Crippen molar-refractivity contribution in [3.63, 3.8) is 0 Å². The molecule has 1 saturated heterocycles. The Bertz CT molecular complexity index is 578. The van der Waals surface area contributed by atoms with Crippen molar-refractivity contribution in [2.24, 2.45) is 0 Å². The van der Waals surface area contributed by atoms with Crippen LogP contribution in [0.4, 0.5) is 0 Å². The van der Waals surface area contributed by atoms with Crippen LogP contribution in [0.5, 0.6) is 0 Å². The van der Waals surface area contributed by atoms with Crippen LogP contribution in [-0.2, 0) is 20.3 Å². The van der Waals surface area contributed by atoms with E-state index in [1.807, 2.05) is 19.1 Å². The molecule has 3 aliphatic rings. The number of hydrogen-bond acceptors (Lipinski definition) is 4. The zero-order chi connectivity index (χ0) is 13.6. The lowest BCUT2D eigenvalue weighted by atomic mass is 9.86. The van der Waals surface area contributed by atoms with Crippen LogP contribution in [-0.4, -0.2) is 32.2 Å². The number of ether oxygens (including phenoxy) is 1. The summed E-state index contributed by atoms with van der Waals surface area (Å²) in [7, 11) is -1.44. The van der Waals surface area contributed by atoms with Gasteiger partial charge >= 0.3 is 5.97 Å². The molecule has 1 aromatic carbocycles. The van der Waals surface area contributed by atoms with E-state index in [-0.39, 0.29) is 6.10 Å². The van der Waals surface area contributed by atoms with Gasteiger partial charge in [-0.3, -0.25) is 4.21 Å². The summed E-state index contributed by atoms with van der Waals surface area (Å²) in [6.45, 7) is 1.95. The molecule has 1 N–H and O–H groups in total. The second-order valence-electron chi connectivity index (χ2n) is 4.96. The van der Waals surface area contributed by atoms with Gasteiger partial charge in [-0.05, 0) is 31.2 Å². The molecule has 2 bridgehead atoms. The topological polar surface area (TPSA) is 63.6 Å². The zero-order valence-electron chi connectivity index (χ0n) is 10.4. The van der Waals surface area contributed by atoms with E-state index in [9.17, 15) is 14.1 Å². The minimum atomic E-state index is -1.76. The first-order valence-electron chi connectivity index (χ1n) is 6.11. The molecule has 0 saturated carbocycles. The Balaban J connectivity index is 1.95. The lowest BCUT2D eigenvalue weighted by Crippen LogP contribution is -2.59. The van der Waals surface area contributed by atoms with Gasteiger partial charge in [0.05, 0.1) is 16.0 Å². The number of carbonyl (C=O) groups is 1. The summed E-state index contributed by atoms with van der Waals surface area (Å²) in [6.07, 6.45) is 3.09. The fourth-order valence-electron chi connectivity index (χ4n) is 2.44. The van der Waals surface area contributed by atoms with E-state index in [4.69, 9.17) is 4.74 Å². The van der Waals surface area contributed by atoms with Gasteiger partial charge in [-0.15, -0.1) is 0 Å². The van der Waals surface area contributed by atoms with Crippen molar-refractivity contribution in [2.45, 2.75) is 35.2 Å². The normalized spacial score (nSPS) is 34.1. The molecule has 0 aromatic heterocycles. The van der Waals surface area contributed by atoms with Crippen molar-refractivity contribution >= 4 is 16.8 Å². The van der Waals surface area contributed by atoms with Crippen molar-refractivity contribution in [1.29, 1.82) is 0 Å². The van der Waals surface area contributed by atoms with Gasteiger partial charge in [-0.25, -0.2) is 4.79 Å². The number of rotatable bonds is 2. The summed E-state index contributed by atoms with van der Waals surface area (Å²) in [5.41, 5.74) is -0.686. The molecule has 4 atom stereocenters. The number of esters is 1. The minimum Gasteiger partial charge on any atom is -0.456 e. The summed E-state index contributed by atoms with van der Waals surface area (Å²) in [4.78, 5) is 12.3. The van der Waals surface area contributed by atoms with Crippen molar-refractivity contribution < 1.29 is 18.8 Å². The van der Waals surface area contributed by atoms with E-state index in [0.717, 1.165) is 5.56 Å². The average Bonchev–Trinajstić information content (AvgIpc) is 2.40. The number of aryl methyl sites for hydroxylation is 1. The maximum absolute atomic E-state index is 12.6. The fraction of sp³-hybridized carbons (Fsp3) is 0.357. The van der Waals surface area contributed by atoms with Gasteiger partial charge in [-0.2, -0.15) is 0 Å². The first kappa shape index (κ1) is 12.6. The largest absolute Gasteiger partial charge is 0.456 e. The predicted molar refractivity (Wildman–Crippen MR) is 70.0 cm³/mol. The van der Waals surface area contributed by atoms with Crippen molar-refractivity contribution in [3.8, 4) is 0 Å². The Hall–Kier alpha value is -1.46. The lowest BCUT2D eigenvalue weighted by molar-refractivity contribution is -0.174. The van der Waals surface area contributed by atoms with E-state index in [1.165, 1.54) is 6.08 Å². The van der Waals surface area contributed by atoms with Gasteiger partial charge in [0.15, 0.2) is 5.60 Å². The highest BCUT2D eigenvalue weighted by Gasteiger charge is 2.54. The van der Waals surface area contributed by atoms with Crippen molar-refractivity contribution in [3.05, 3.63) is 42.0 Å². The van der Waals surface area contributed by atoms with Crippen LogP contribution in [0.3, 0.4) is 0 Å². The minimum absolute atomic E-state index is 0.374. The van der Waals surface area contributed by atoms with Crippen molar-refractivity contribution in [2.75, 3.05) is 0 Å². The smallest absolute Gasteiger partial charge is 0.344 e. The molecule has 0 spiro atoms. The molecule has 19 heavy (non-hydrogen) atoms. The third-order valence-electron chi connectivity index (χ3n) is 3.60. The number of aliphatic hydroxyl groups is 1. The molecule has 0 radical (unpaired) electrons. The second-order valence-corrected chi connectivity index (χ2v) is 6.60. The number of carbonyl (C=O) groups excluding carboxylic acids is 1. The van der Waals surface area contributed by atoms with Gasteiger partial charge in [0.25, 0.3) is 0 Å². The van der Waals surface area contributed by atoms with Crippen LogP contribution in [0.25, 0.3) is 0 Å². The van der Waals surface area contributed by atoms with E-state index >= 15 is 0 Å². The Morgan fingerprint density at radius 2 is 2.05 bits per heavy atom. The molecule has 1 aliphatic carbocycles. The highest BCUT2D eigenvalue weighted by Crippen LogP contribution is 2.37. The first-order valence-corrected chi connectivity index (χ1v) is 7.32. The monoisotopic (exact) mass is 278 g/mol. The van der Waals surface area contributed by atoms with Crippen LogP contribution in [0.1, 0.15) is 12.0 Å². The predicted octanol–water partition coefficient (Wildman–Crippen LogP) is 1.09. The van der Waals surface area contributed by atoms with E-state index in [2.05, 4.69) is 0 Å². The molecule has 4 rings (SSSR count). The molecule has 2 heterocycles. The SMILES string of the molecule is Cc1ccc(S(=O)[C@@H]2C[C@H]3C=C[C@]2(O)C(=O)O3)cc1. The summed E-state index contributed by atoms with van der Waals surface area (Å²) >= 11 is 0. The highest BCUT2D eigenvalue weighted by molar-refractivity contribution is 7.85. The maximum Gasteiger partial charge on any atom is 0.344 e. The second kappa shape index (κ2) is 4.28. The quantitative estimate of drug-likeness (QED) is 0.649. The Morgan fingerprint density at radius 3 is 2.68 bits per heavy atom. The standard InChI is InChI=1S/C14H14O4S/c1-9-2-4-11(5-3-9)19(17)12-8-10-6-7-14(12,16)13(15)18-10/h2-7,10,12,16H,8H2,1H3/t10-,12-,14-,19?/m1/s1. The maximum atomic E-state index is 12.6. The van der Waals surface area contributed by atoms with Crippen LogP contribution >= 0.6 is 0 Å². The lowest BCUT2D eigenvalue weighted by Gasteiger charge is -2.41. The van der Waals surface area contributed by atoms with Gasteiger partial charge in [0.1, 0.15) is 6.10 Å². The molecule has 1 aromatic rings. The first-order chi connectivity index (χ1) is 9.00. The fourth-order valence-corrected chi connectivity index (χ4v) is 4.04. The number of benzene rings is 1. The van der Waals surface area contributed by atoms with Crippen LogP contribution in [0.15, 0.2) is 41.3 Å². The van der Waals surface area contributed by atoms with Gasteiger partial charge in [0.2, 0.25) is 0 Å². The summed E-state index contributed by atoms with van der Waals surface area (Å²) in [5, 5.41) is 9.73. The van der Waals surface area contributed by atoms with E-state index in [1.54, 1.807) is 18.2 Å². The van der Waals surface area contributed by atoms with Crippen LogP contribution in [0, 0.1) is 6.92 Å². The summed E-state index contributed by atoms with van der Waals surface area (Å²) in [6, 6.07) is 7.28. The molecular formula is C14H14O4S. The molecule has 100 valence electrons. The third-order valence-corrected chi connectivity index (χ3v) is 5.40. The van der Waals surface area contributed by atoms with Crippen LogP contribution < -0.4 is 0 Å². The number of fused-ring (bicyclic) bond motifs is 2. The molecule has 1 unspecified atom stereocenters.